The Morgan fingerprint density at radius 2 is 2.00 bits per heavy atom. The number of aromatic nitrogens is 4. The molecule has 1 saturated heterocycles. The first-order valence-corrected chi connectivity index (χ1v) is 13.2. The third-order valence-corrected chi connectivity index (χ3v) is 8.28. The fraction of sp³-hybridized carbons (Fsp3) is 0.414. The van der Waals surface area contributed by atoms with Crippen molar-refractivity contribution in [1.29, 1.82) is 0 Å². The Morgan fingerprint density at radius 1 is 1.11 bits per heavy atom. The van der Waals surface area contributed by atoms with Crippen LogP contribution in [0.15, 0.2) is 36.7 Å². The Bertz CT molecular complexity index is 1490. The third kappa shape index (κ3) is 3.64. The molecule has 184 valence electrons. The highest BCUT2D eigenvalue weighted by Crippen LogP contribution is 2.40. The molecule has 1 atom stereocenters. The van der Waals surface area contributed by atoms with Gasteiger partial charge < -0.3 is 15.2 Å². The van der Waals surface area contributed by atoms with Crippen LogP contribution in [0.2, 0.25) is 0 Å². The third-order valence-electron chi connectivity index (χ3n) is 8.28. The van der Waals surface area contributed by atoms with Gasteiger partial charge in [0.15, 0.2) is 0 Å². The molecule has 0 unspecified atom stereocenters. The average Bonchev–Trinajstić information content (AvgIpc) is 3.28. The van der Waals surface area contributed by atoms with Gasteiger partial charge in [0.05, 0.1) is 5.69 Å². The van der Waals surface area contributed by atoms with E-state index in [9.17, 15) is 4.79 Å². The second-order valence-electron chi connectivity index (χ2n) is 10.8. The number of amides is 1. The Labute approximate surface area is 210 Å². The summed E-state index contributed by atoms with van der Waals surface area (Å²) in [5.74, 6) is 0.636. The Hall–Kier alpha value is -3.45. The molecule has 1 amide bonds. The van der Waals surface area contributed by atoms with Crippen molar-refractivity contribution in [3.63, 3.8) is 0 Å². The van der Waals surface area contributed by atoms with Crippen molar-refractivity contribution in [2.75, 3.05) is 13.1 Å². The van der Waals surface area contributed by atoms with E-state index in [2.05, 4.69) is 45.5 Å². The molecule has 36 heavy (non-hydrogen) atoms. The summed E-state index contributed by atoms with van der Waals surface area (Å²) in [6.07, 6.45) is 9.54. The lowest BCUT2D eigenvalue weighted by atomic mass is 9.87. The van der Waals surface area contributed by atoms with Crippen LogP contribution in [-0.4, -0.2) is 43.6 Å². The molecule has 2 fully saturated rings. The minimum absolute atomic E-state index is 0.0922. The standard InChI is InChI=1S/C29H32N6O/c1-17-14-31-28-22(17)12-21(15-32-28)20-10-19-7-9-35(16-24(19)23(11-20)25-4-3-8-30-25)29(36)27-13-26(18-5-6-18)33-34(27)2/h10-15,18,25,30H,3-9,16H2,1-2H3,(H,31,32)/t25-/m0/s1. The van der Waals surface area contributed by atoms with Crippen molar-refractivity contribution in [3.05, 3.63) is 70.3 Å². The van der Waals surface area contributed by atoms with Crippen molar-refractivity contribution in [1.82, 2.24) is 30.0 Å². The lowest BCUT2D eigenvalue weighted by Crippen LogP contribution is -2.38. The maximum atomic E-state index is 13.6. The number of hydrogen-bond acceptors (Lipinski definition) is 4. The molecule has 7 nitrogen and oxygen atoms in total. The summed E-state index contributed by atoms with van der Waals surface area (Å²) in [6.45, 7) is 4.54. The summed E-state index contributed by atoms with van der Waals surface area (Å²) < 4.78 is 1.78. The molecule has 7 heteroatoms. The predicted octanol–water partition coefficient (Wildman–Crippen LogP) is 4.77. The molecule has 0 radical (unpaired) electrons. The number of nitrogens with zero attached hydrogens (tertiary/aromatic N) is 4. The van der Waals surface area contributed by atoms with Gasteiger partial charge in [0.25, 0.3) is 5.91 Å². The minimum Gasteiger partial charge on any atom is -0.346 e. The fourth-order valence-corrected chi connectivity index (χ4v) is 6.02. The number of aromatic amines is 1. The summed E-state index contributed by atoms with van der Waals surface area (Å²) in [5.41, 5.74) is 10.3. The molecular formula is C29H32N6O. The van der Waals surface area contributed by atoms with E-state index in [4.69, 9.17) is 0 Å². The van der Waals surface area contributed by atoms with Crippen molar-refractivity contribution in [2.24, 2.45) is 7.05 Å². The van der Waals surface area contributed by atoms with Gasteiger partial charge in [-0.2, -0.15) is 5.10 Å². The van der Waals surface area contributed by atoms with E-state index in [0.717, 1.165) is 42.8 Å². The van der Waals surface area contributed by atoms with Gasteiger partial charge in [0, 0.05) is 55.4 Å². The summed E-state index contributed by atoms with van der Waals surface area (Å²) in [4.78, 5) is 23.5. The molecule has 0 bridgehead atoms. The maximum Gasteiger partial charge on any atom is 0.272 e. The number of carbonyl (C=O) groups is 1. The number of hydrogen-bond donors (Lipinski definition) is 2. The quantitative estimate of drug-likeness (QED) is 0.441. The van der Waals surface area contributed by atoms with Gasteiger partial charge in [-0.3, -0.25) is 9.48 Å². The molecule has 4 aromatic rings. The summed E-state index contributed by atoms with van der Waals surface area (Å²) in [5, 5.41) is 9.51. The van der Waals surface area contributed by atoms with E-state index in [0.29, 0.717) is 24.2 Å². The van der Waals surface area contributed by atoms with Crippen molar-refractivity contribution >= 4 is 16.9 Å². The monoisotopic (exact) mass is 480 g/mol. The Balaban J connectivity index is 1.25. The van der Waals surface area contributed by atoms with Crippen LogP contribution in [0.4, 0.5) is 0 Å². The SMILES string of the molecule is Cc1c[nH]c2ncc(-c3cc4c(c([C@@H]5CCCN5)c3)CN(C(=O)c3cc(C5CC5)nn3C)CC4)cc12. The minimum atomic E-state index is 0.0922. The smallest absolute Gasteiger partial charge is 0.272 e. The number of rotatable bonds is 4. The molecule has 3 aromatic heterocycles. The summed E-state index contributed by atoms with van der Waals surface area (Å²) in [6, 6.07) is 9.27. The summed E-state index contributed by atoms with van der Waals surface area (Å²) in [7, 11) is 1.90. The molecule has 0 spiro atoms. The highest BCUT2D eigenvalue weighted by Gasteiger charge is 2.32. The average molecular weight is 481 g/mol. The molecule has 2 aliphatic heterocycles. The van der Waals surface area contributed by atoms with E-state index in [1.807, 2.05) is 30.4 Å². The molecular weight excluding hydrogens is 448 g/mol. The topological polar surface area (TPSA) is 78.8 Å². The first kappa shape index (κ1) is 21.8. The second-order valence-corrected chi connectivity index (χ2v) is 10.8. The summed E-state index contributed by atoms with van der Waals surface area (Å²) >= 11 is 0. The molecule has 1 aromatic carbocycles. The second kappa shape index (κ2) is 8.30. The predicted molar refractivity (Wildman–Crippen MR) is 140 cm³/mol. The number of aryl methyl sites for hydroxylation is 2. The molecule has 5 heterocycles. The van der Waals surface area contributed by atoms with Gasteiger partial charge in [-0.1, -0.05) is 6.07 Å². The van der Waals surface area contributed by atoms with Crippen LogP contribution in [0, 0.1) is 6.92 Å². The van der Waals surface area contributed by atoms with Crippen molar-refractivity contribution in [2.45, 2.75) is 57.5 Å². The number of pyridine rings is 1. The van der Waals surface area contributed by atoms with Crippen LogP contribution >= 0.6 is 0 Å². The van der Waals surface area contributed by atoms with E-state index >= 15 is 0 Å². The van der Waals surface area contributed by atoms with E-state index in [-0.39, 0.29) is 5.91 Å². The zero-order chi connectivity index (χ0) is 24.4. The largest absolute Gasteiger partial charge is 0.346 e. The van der Waals surface area contributed by atoms with Gasteiger partial charge in [-0.15, -0.1) is 0 Å². The van der Waals surface area contributed by atoms with Crippen LogP contribution in [-0.2, 0) is 20.0 Å². The highest BCUT2D eigenvalue weighted by molar-refractivity contribution is 5.93. The van der Waals surface area contributed by atoms with E-state index < -0.39 is 0 Å². The van der Waals surface area contributed by atoms with Crippen LogP contribution < -0.4 is 5.32 Å². The van der Waals surface area contributed by atoms with Crippen LogP contribution in [0.5, 0.6) is 0 Å². The van der Waals surface area contributed by atoms with E-state index in [1.54, 1.807) is 4.68 Å². The van der Waals surface area contributed by atoms with Gasteiger partial charge in [-0.25, -0.2) is 4.98 Å². The zero-order valence-corrected chi connectivity index (χ0v) is 21.0. The van der Waals surface area contributed by atoms with Crippen molar-refractivity contribution < 1.29 is 4.79 Å². The normalized spacial score (nSPS) is 19.7. The molecule has 3 aliphatic rings. The van der Waals surface area contributed by atoms with Crippen LogP contribution in [0.25, 0.3) is 22.2 Å². The lowest BCUT2D eigenvalue weighted by Gasteiger charge is -2.32. The first-order valence-electron chi connectivity index (χ1n) is 13.2. The zero-order valence-electron chi connectivity index (χ0n) is 21.0. The highest BCUT2D eigenvalue weighted by atomic mass is 16.2. The Kier molecular flexibility index (Phi) is 5.03. The lowest BCUT2D eigenvalue weighted by molar-refractivity contribution is 0.0722. The van der Waals surface area contributed by atoms with Crippen molar-refractivity contribution in [3.8, 4) is 11.1 Å². The van der Waals surface area contributed by atoms with Gasteiger partial charge in [0.1, 0.15) is 11.3 Å². The fourth-order valence-electron chi connectivity index (χ4n) is 6.02. The molecule has 7 rings (SSSR count). The van der Waals surface area contributed by atoms with Gasteiger partial charge in [-0.05, 0) is 91.6 Å². The van der Waals surface area contributed by atoms with Gasteiger partial charge >= 0.3 is 0 Å². The van der Waals surface area contributed by atoms with Crippen LogP contribution in [0.1, 0.15) is 76.1 Å². The maximum absolute atomic E-state index is 13.6. The first-order chi connectivity index (χ1) is 17.5. The van der Waals surface area contributed by atoms with E-state index in [1.165, 1.54) is 52.5 Å². The number of benzene rings is 1. The number of fused-ring (bicyclic) bond motifs is 2. The number of H-pyrrole nitrogens is 1. The molecule has 1 aliphatic carbocycles. The van der Waals surface area contributed by atoms with Crippen LogP contribution in [0.3, 0.4) is 0 Å². The molecule has 2 N–H and O–H groups in total. The number of nitrogens with one attached hydrogen (secondary N) is 2. The Morgan fingerprint density at radius 3 is 2.81 bits per heavy atom. The molecule has 1 saturated carbocycles. The van der Waals surface area contributed by atoms with Gasteiger partial charge in [0.2, 0.25) is 0 Å². The number of carbonyl (C=O) groups excluding carboxylic acids is 1.